The number of fused-ring (bicyclic) bond motifs is 1. The van der Waals surface area contributed by atoms with Crippen molar-refractivity contribution in [1.29, 1.82) is 0 Å². The Morgan fingerprint density at radius 2 is 2.21 bits per heavy atom. The van der Waals surface area contributed by atoms with Gasteiger partial charge in [0.15, 0.2) is 10.9 Å². The zero-order valence-corrected chi connectivity index (χ0v) is 13.9. The maximum atomic E-state index is 12.4. The molecule has 0 spiro atoms. The zero-order chi connectivity index (χ0) is 17.3. The fourth-order valence-electron chi connectivity index (χ4n) is 2.32. The predicted molar refractivity (Wildman–Crippen MR) is 90.5 cm³/mol. The number of furan rings is 1. The number of thiazole rings is 1. The Morgan fingerprint density at radius 1 is 1.42 bits per heavy atom. The van der Waals surface area contributed by atoms with Crippen LogP contribution in [0, 0.1) is 6.92 Å². The average Bonchev–Trinajstić information content (AvgIpc) is 3.11. The number of nitrogens with zero attached hydrogens (tertiary/aromatic N) is 1. The van der Waals surface area contributed by atoms with Crippen LogP contribution in [0.15, 0.2) is 28.0 Å². The first kappa shape index (κ1) is 16.0. The minimum Gasteiger partial charge on any atom is -0.497 e. The van der Waals surface area contributed by atoms with Crippen molar-refractivity contribution in [3.8, 4) is 5.75 Å². The zero-order valence-electron chi connectivity index (χ0n) is 13.1. The molecule has 24 heavy (non-hydrogen) atoms. The maximum absolute atomic E-state index is 12.4. The largest absolute Gasteiger partial charge is 0.497 e. The first-order valence-electron chi connectivity index (χ1n) is 7.09. The Balaban J connectivity index is 1.84. The maximum Gasteiger partial charge on any atom is 0.293 e. The molecule has 124 valence electrons. The van der Waals surface area contributed by atoms with Crippen LogP contribution >= 0.6 is 11.3 Å². The normalized spacial score (nSPS) is 10.8. The van der Waals surface area contributed by atoms with Gasteiger partial charge in [-0.2, -0.15) is 0 Å². The van der Waals surface area contributed by atoms with Crippen molar-refractivity contribution in [3.63, 3.8) is 0 Å². The molecule has 0 unspecified atom stereocenters. The molecule has 2 heterocycles. The summed E-state index contributed by atoms with van der Waals surface area (Å²) in [5.41, 5.74) is 6.97. The third kappa shape index (κ3) is 3.09. The summed E-state index contributed by atoms with van der Waals surface area (Å²) in [4.78, 5) is 27.5. The molecule has 2 aromatic heterocycles. The van der Waals surface area contributed by atoms with Gasteiger partial charge >= 0.3 is 0 Å². The lowest BCUT2D eigenvalue weighted by Gasteiger charge is -1.99. The van der Waals surface area contributed by atoms with Gasteiger partial charge in [-0.25, -0.2) is 4.98 Å². The molecule has 3 aromatic rings. The van der Waals surface area contributed by atoms with Crippen LogP contribution in [0.2, 0.25) is 0 Å². The van der Waals surface area contributed by atoms with Crippen molar-refractivity contribution in [2.45, 2.75) is 13.3 Å². The summed E-state index contributed by atoms with van der Waals surface area (Å²) in [6.07, 6.45) is 0.0375. The first-order valence-corrected chi connectivity index (χ1v) is 7.97. The molecule has 7 nitrogen and oxygen atoms in total. The molecule has 2 amide bonds. The fraction of sp³-hybridized carbons (Fsp3) is 0.188. The highest BCUT2D eigenvalue weighted by Crippen LogP contribution is 2.29. The second-order valence-electron chi connectivity index (χ2n) is 5.16. The minimum absolute atomic E-state index is 0.0375. The van der Waals surface area contributed by atoms with E-state index in [9.17, 15) is 9.59 Å². The van der Waals surface area contributed by atoms with Crippen LogP contribution in [0.4, 0.5) is 5.13 Å². The number of carbonyl (C=O) groups excluding carboxylic acids is 2. The number of primary amides is 1. The van der Waals surface area contributed by atoms with Crippen LogP contribution in [0.5, 0.6) is 5.75 Å². The van der Waals surface area contributed by atoms with Gasteiger partial charge in [0, 0.05) is 16.3 Å². The summed E-state index contributed by atoms with van der Waals surface area (Å²) in [7, 11) is 1.58. The van der Waals surface area contributed by atoms with E-state index in [4.69, 9.17) is 14.9 Å². The van der Waals surface area contributed by atoms with Gasteiger partial charge in [0.1, 0.15) is 11.3 Å². The van der Waals surface area contributed by atoms with E-state index >= 15 is 0 Å². The van der Waals surface area contributed by atoms with Crippen LogP contribution in [0.25, 0.3) is 11.0 Å². The number of anilines is 1. The van der Waals surface area contributed by atoms with Gasteiger partial charge < -0.3 is 14.9 Å². The van der Waals surface area contributed by atoms with Crippen molar-refractivity contribution in [2.24, 2.45) is 5.73 Å². The summed E-state index contributed by atoms with van der Waals surface area (Å²) in [6.45, 7) is 1.81. The Morgan fingerprint density at radius 3 is 2.92 bits per heavy atom. The van der Waals surface area contributed by atoms with Crippen molar-refractivity contribution >= 4 is 39.3 Å². The van der Waals surface area contributed by atoms with Gasteiger partial charge in [-0.3, -0.25) is 14.9 Å². The van der Waals surface area contributed by atoms with Crippen molar-refractivity contribution in [2.75, 3.05) is 12.4 Å². The highest BCUT2D eigenvalue weighted by atomic mass is 32.1. The van der Waals surface area contributed by atoms with Crippen LogP contribution in [0.1, 0.15) is 21.8 Å². The third-order valence-electron chi connectivity index (χ3n) is 3.48. The van der Waals surface area contributed by atoms with Gasteiger partial charge in [0.2, 0.25) is 5.91 Å². The quantitative estimate of drug-likeness (QED) is 0.738. The molecule has 8 heteroatoms. The van der Waals surface area contributed by atoms with E-state index in [1.165, 1.54) is 11.3 Å². The van der Waals surface area contributed by atoms with E-state index in [0.717, 1.165) is 10.9 Å². The van der Waals surface area contributed by atoms with Gasteiger partial charge in [0.05, 0.1) is 19.2 Å². The van der Waals surface area contributed by atoms with E-state index in [0.29, 0.717) is 22.2 Å². The van der Waals surface area contributed by atoms with Crippen LogP contribution in [0.3, 0.4) is 0 Å². The van der Waals surface area contributed by atoms with Crippen LogP contribution in [-0.2, 0) is 11.2 Å². The second-order valence-corrected chi connectivity index (χ2v) is 6.02. The van der Waals surface area contributed by atoms with Gasteiger partial charge in [-0.15, -0.1) is 11.3 Å². The standard InChI is InChI=1S/C16H15N3O4S/c1-8-11-6-10(22-2)3-4-12(11)23-14(8)15(21)19-16-18-9(7-24-16)5-13(17)20/h3-4,6-7H,5H2,1-2H3,(H2,17,20)(H,18,19,21). The van der Waals surface area contributed by atoms with Crippen molar-refractivity contribution in [3.05, 3.63) is 40.6 Å². The SMILES string of the molecule is COc1ccc2oc(C(=O)Nc3nc(CC(N)=O)cs3)c(C)c2c1. The molecule has 3 N–H and O–H groups in total. The number of aromatic nitrogens is 1. The number of hydrogen-bond donors (Lipinski definition) is 2. The Bertz CT molecular complexity index is 929. The molecular weight excluding hydrogens is 330 g/mol. The molecule has 0 bridgehead atoms. The first-order chi connectivity index (χ1) is 11.5. The molecule has 0 saturated carbocycles. The molecule has 0 saturated heterocycles. The van der Waals surface area contributed by atoms with E-state index in [1.54, 1.807) is 31.5 Å². The summed E-state index contributed by atoms with van der Waals surface area (Å²) >= 11 is 1.22. The van der Waals surface area contributed by atoms with E-state index < -0.39 is 11.8 Å². The lowest BCUT2D eigenvalue weighted by Crippen LogP contribution is -2.14. The molecule has 0 aliphatic rings. The Hall–Kier alpha value is -2.87. The summed E-state index contributed by atoms with van der Waals surface area (Å²) in [5.74, 6) is 0.0298. The molecule has 0 atom stereocenters. The average molecular weight is 345 g/mol. The number of nitrogens with one attached hydrogen (secondary N) is 1. The Kier molecular flexibility index (Phi) is 4.22. The molecular formula is C16H15N3O4S. The van der Waals surface area contributed by atoms with E-state index in [1.807, 2.05) is 6.07 Å². The highest BCUT2D eigenvalue weighted by molar-refractivity contribution is 7.14. The number of carbonyl (C=O) groups is 2. The van der Waals surface area contributed by atoms with E-state index in [-0.39, 0.29) is 12.2 Å². The second kappa shape index (κ2) is 6.32. The lowest BCUT2D eigenvalue weighted by atomic mass is 10.1. The highest BCUT2D eigenvalue weighted by Gasteiger charge is 2.19. The van der Waals surface area contributed by atoms with Gasteiger partial charge in [-0.05, 0) is 25.1 Å². The van der Waals surface area contributed by atoms with Crippen molar-refractivity contribution in [1.82, 2.24) is 4.98 Å². The summed E-state index contributed by atoms with van der Waals surface area (Å²) in [6, 6.07) is 5.34. The number of benzene rings is 1. The van der Waals surface area contributed by atoms with Crippen LogP contribution in [-0.4, -0.2) is 23.9 Å². The van der Waals surface area contributed by atoms with Gasteiger partial charge in [0.25, 0.3) is 5.91 Å². The smallest absolute Gasteiger partial charge is 0.293 e. The lowest BCUT2D eigenvalue weighted by molar-refractivity contribution is -0.117. The molecule has 3 rings (SSSR count). The fourth-order valence-corrected chi connectivity index (χ4v) is 3.03. The number of methoxy groups -OCH3 is 1. The van der Waals surface area contributed by atoms with Crippen LogP contribution < -0.4 is 15.8 Å². The van der Waals surface area contributed by atoms with E-state index in [2.05, 4.69) is 10.3 Å². The number of rotatable bonds is 5. The molecule has 0 aliphatic heterocycles. The van der Waals surface area contributed by atoms with Gasteiger partial charge in [-0.1, -0.05) is 0 Å². The Labute approximate surface area is 141 Å². The molecule has 1 aromatic carbocycles. The summed E-state index contributed by atoms with van der Waals surface area (Å²) < 4.78 is 10.8. The third-order valence-corrected chi connectivity index (χ3v) is 4.28. The number of aryl methyl sites for hydroxylation is 1. The molecule has 0 fully saturated rings. The number of ether oxygens (including phenoxy) is 1. The molecule has 0 radical (unpaired) electrons. The summed E-state index contributed by atoms with van der Waals surface area (Å²) in [5, 5.41) is 5.55. The number of hydrogen-bond acceptors (Lipinski definition) is 6. The topological polar surface area (TPSA) is 107 Å². The molecule has 0 aliphatic carbocycles. The minimum atomic E-state index is -0.472. The predicted octanol–water partition coefficient (Wildman–Crippen LogP) is 2.49. The number of nitrogens with two attached hydrogens (primary N) is 1. The monoisotopic (exact) mass is 345 g/mol. The van der Waals surface area contributed by atoms with Crippen molar-refractivity contribution < 1.29 is 18.7 Å². The number of amides is 2.